The van der Waals surface area contributed by atoms with Crippen molar-refractivity contribution >= 4 is 58.9 Å². The second-order valence-electron chi connectivity index (χ2n) is 4.76. The molecule has 0 saturated heterocycles. The molecule has 1 aliphatic heterocycles. The SMILES string of the molecule is Nc1cc(Br)cc(Br)c1S(=O)(=O)N1CCc2sccc2C1. The first-order valence-electron chi connectivity index (χ1n) is 6.19. The molecule has 1 aromatic heterocycles. The Hall–Kier alpha value is -0.410. The summed E-state index contributed by atoms with van der Waals surface area (Å²) < 4.78 is 28.5. The fourth-order valence-electron chi connectivity index (χ4n) is 2.41. The van der Waals surface area contributed by atoms with Gasteiger partial charge in [-0.05, 0) is 51.5 Å². The summed E-state index contributed by atoms with van der Waals surface area (Å²) in [6, 6.07) is 5.29. The summed E-state index contributed by atoms with van der Waals surface area (Å²) >= 11 is 8.30. The first-order valence-corrected chi connectivity index (χ1v) is 10.1. The Morgan fingerprint density at radius 3 is 2.76 bits per heavy atom. The van der Waals surface area contributed by atoms with E-state index in [1.807, 2.05) is 11.4 Å². The van der Waals surface area contributed by atoms with Crippen molar-refractivity contribution in [3.05, 3.63) is 43.0 Å². The van der Waals surface area contributed by atoms with Gasteiger partial charge >= 0.3 is 0 Å². The molecule has 0 fully saturated rings. The number of hydrogen-bond donors (Lipinski definition) is 1. The molecule has 0 spiro atoms. The van der Waals surface area contributed by atoms with Crippen molar-refractivity contribution in [3.63, 3.8) is 0 Å². The molecule has 0 amide bonds. The molecule has 0 saturated carbocycles. The lowest BCUT2D eigenvalue weighted by Crippen LogP contribution is -2.35. The van der Waals surface area contributed by atoms with Crippen LogP contribution in [-0.4, -0.2) is 19.3 Å². The van der Waals surface area contributed by atoms with Crippen molar-refractivity contribution < 1.29 is 8.42 Å². The highest BCUT2D eigenvalue weighted by molar-refractivity contribution is 9.11. The predicted octanol–water partition coefficient (Wildman–Crippen LogP) is 3.60. The minimum Gasteiger partial charge on any atom is -0.398 e. The quantitative estimate of drug-likeness (QED) is 0.709. The van der Waals surface area contributed by atoms with Crippen molar-refractivity contribution in [3.8, 4) is 0 Å². The number of nitrogens with zero attached hydrogens (tertiary/aromatic N) is 1. The van der Waals surface area contributed by atoms with Crippen LogP contribution < -0.4 is 5.73 Å². The smallest absolute Gasteiger partial charge is 0.246 e. The van der Waals surface area contributed by atoms with Crippen LogP contribution in [0.15, 0.2) is 37.4 Å². The molecule has 0 radical (unpaired) electrons. The fraction of sp³-hybridized carbons (Fsp3) is 0.231. The molecular weight excluding hydrogens is 440 g/mol. The van der Waals surface area contributed by atoms with Gasteiger partial charge in [0.15, 0.2) is 0 Å². The molecule has 1 aromatic carbocycles. The van der Waals surface area contributed by atoms with Gasteiger partial charge in [-0.3, -0.25) is 0 Å². The minimum atomic E-state index is -3.62. The summed E-state index contributed by atoms with van der Waals surface area (Å²) in [5.74, 6) is 0. The number of nitrogens with two attached hydrogens (primary N) is 1. The highest BCUT2D eigenvalue weighted by Gasteiger charge is 2.32. The molecule has 2 N–H and O–H groups in total. The minimum absolute atomic E-state index is 0.143. The monoisotopic (exact) mass is 450 g/mol. The third kappa shape index (κ3) is 2.79. The van der Waals surface area contributed by atoms with E-state index < -0.39 is 10.0 Å². The van der Waals surface area contributed by atoms with Gasteiger partial charge in [0.05, 0.1) is 5.69 Å². The van der Waals surface area contributed by atoms with Crippen molar-refractivity contribution in [2.24, 2.45) is 0 Å². The van der Waals surface area contributed by atoms with Gasteiger partial charge in [-0.1, -0.05) is 15.9 Å². The van der Waals surface area contributed by atoms with Crippen LogP contribution in [0.1, 0.15) is 10.4 Å². The maximum atomic E-state index is 12.9. The fourth-order valence-corrected chi connectivity index (χ4v) is 6.73. The summed E-state index contributed by atoms with van der Waals surface area (Å²) in [5.41, 5.74) is 7.25. The van der Waals surface area contributed by atoms with Crippen LogP contribution in [0.25, 0.3) is 0 Å². The van der Waals surface area contributed by atoms with Gasteiger partial charge < -0.3 is 5.73 Å². The summed E-state index contributed by atoms with van der Waals surface area (Å²) in [6.07, 6.45) is 0.750. The Bertz CT molecular complexity index is 779. The summed E-state index contributed by atoms with van der Waals surface area (Å²) in [6.45, 7) is 0.890. The molecule has 112 valence electrons. The molecule has 8 heteroatoms. The van der Waals surface area contributed by atoms with Crippen LogP contribution in [0.2, 0.25) is 0 Å². The first-order chi connectivity index (χ1) is 9.89. The predicted molar refractivity (Wildman–Crippen MR) is 91.9 cm³/mol. The van der Waals surface area contributed by atoms with E-state index in [-0.39, 0.29) is 10.6 Å². The van der Waals surface area contributed by atoms with Crippen LogP contribution >= 0.6 is 43.2 Å². The van der Waals surface area contributed by atoms with Gasteiger partial charge in [-0.15, -0.1) is 11.3 Å². The van der Waals surface area contributed by atoms with E-state index in [4.69, 9.17) is 5.73 Å². The number of nitrogen functional groups attached to an aromatic ring is 1. The number of hydrogen-bond acceptors (Lipinski definition) is 4. The summed E-state index contributed by atoms with van der Waals surface area (Å²) in [4.78, 5) is 1.41. The Labute approximate surface area is 144 Å². The van der Waals surface area contributed by atoms with Crippen LogP contribution in [0.3, 0.4) is 0 Å². The molecule has 0 atom stereocenters. The third-order valence-corrected chi connectivity index (χ3v) is 7.74. The number of halogens is 2. The average Bonchev–Trinajstić information content (AvgIpc) is 2.83. The zero-order valence-corrected chi connectivity index (χ0v) is 15.6. The standard InChI is InChI=1S/C13H12Br2N2O2S2/c14-9-5-10(15)13(11(16)6-9)21(18,19)17-3-1-12-8(7-17)2-4-20-12/h2,4-6H,1,3,7,16H2. The number of fused-ring (bicyclic) bond motifs is 1. The van der Waals surface area contributed by atoms with Gasteiger partial charge in [0.1, 0.15) is 4.90 Å². The van der Waals surface area contributed by atoms with Gasteiger partial charge in [0, 0.05) is 26.9 Å². The topological polar surface area (TPSA) is 63.4 Å². The van der Waals surface area contributed by atoms with E-state index in [9.17, 15) is 8.42 Å². The van der Waals surface area contributed by atoms with Crippen molar-refractivity contribution in [2.45, 2.75) is 17.9 Å². The highest BCUT2D eigenvalue weighted by atomic mass is 79.9. The molecule has 4 nitrogen and oxygen atoms in total. The lowest BCUT2D eigenvalue weighted by molar-refractivity contribution is 0.394. The van der Waals surface area contributed by atoms with Gasteiger partial charge in [0.25, 0.3) is 0 Å². The van der Waals surface area contributed by atoms with Gasteiger partial charge in [-0.25, -0.2) is 8.42 Å². The molecule has 0 unspecified atom stereocenters. The maximum absolute atomic E-state index is 12.9. The van der Waals surface area contributed by atoms with Crippen LogP contribution in [0, 0.1) is 0 Å². The van der Waals surface area contributed by atoms with Crippen molar-refractivity contribution in [1.82, 2.24) is 4.31 Å². The molecule has 0 aliphatic carbocycles. The molecule has 21 heavy (non-hydrogen) atoms. The Morgan fingerprint density at radius 1 is 1.29 bits per heavy atom. The Kier molecular flexibility index (Phi) is 4.17. The van der Waals surface area contributed by atoms with E-state index in [1.165, 1.54) is 9.18 Å². The maximum Gasteiger partial charge on any atom is 0.246 e. The number of benzene rings is 1. The first kappa shape index (κ1) is 15.5. The summed E-state index contributed by atoms with van der Waals surface area (Å²) in [5, 5.41) is 2.00. The Morgan fingerprint density at radius 2 is 2.05 bits per heavy atom. The van der Waals surface area contributed by atoms with E-state index >= 15 is 0 Å². The second-order valence-corrected chi connectivity index (χ2v) is 9.41. The molecule has 2 aromatic rings. The lowest BCUT2D eigenvalue weighted by Gasteiger charge is -2.27. The average molecular weight is 452 g/mol. The van der Waals surface area contributed by atoms with E-state index in [2.05, 4.69) is 31.9 Å². The Balaban J connectivity index is 2.03. The zero-order chi connectivity index (χ0) is 15.2. The number of anilines is 1. The second kappa shape index (κ2) is 5.66. The van der Waals surface area contributed by atoms with Crippen LogP contribution in [0.4, 0.5) is 5.69 Å². The van der Waals surface area contributed by atoms with Gasteiger partial charge in [-0.2, -0.15) is 4.31 Å². The molecular formula is C13H12Br2N2O2S2. The van der Waals surface area contributed by atoms with Gasteiger partial charge in [0.2, 0.25) is 10.0 Å². The molecule has 0 bridgehead atoms. The molecule has 1 aliphatic rings. The van der Waals surface area contributed by atoms with Crippen LogP contribution in [-0.2, 0) is 23.0 Å². The van der Waals surface area contributed by atoms with E-state index in [0.717, 1.165) is 16.5 Å². The molecule has 3 rings (SSSR count). The highest BCUT2D eigenvalue weighted by Crippen LogP contribution is 2.36. The number of rotatable bonds is 2. The zero-order valence-electron chi connectivity index (χ0n) is 10.8. The largest absolute Gasteiger partial charge is 0.398 e. The number of sulfonamides is 1. The normalized spacial score (nSPS) is 15.9. The van der Waals surface area contributed by atoms with E-state index in [1.54, 1.807) is 23.5 Å². The van der Waals surface area contributed by atoms with Crippen LogP contribution in [0.5, 0.6) is 0 Å². The molecule has 2 heterocycles. The van der Waals surface area contributed by atoms with E-state index in [0.29, 0.717) is 17.6 Å². The van der Waals surface area contributed by atoms with Crippen molar-refractivity contribution in [2.75, 3.05) is 12.3 Å². The summed E-state index contributed by atoms with van der Waals surface area (Å²) in [7, 11) is -3.62. The lowest BCUT2D eigenvalue weighted by atomic mass is 10.1. The van der Waals surface area contributed by atoms with Crippen molar-refractivity contribution in [1.29, 1.82) is 0 Å². The third-order valence-electron chi connectivity index (χ3n) is 3.41. The number of thiophene rings is 1.